The van der Waals surface area contributed by atoms with Gasteiger partial charge in [-0.3, -0.25) is 9.48 Å². The third-order valence-electron chi connectivity index (χ3n) is 3.64. The van der Waals surface area contributed by atoms with Crippen LogP contribution in [0.25, 0.3) is 11.3 Å². The number of hydrogen-bond donors (Lipinski definition) is 1. The van der Waals surface area contributed by atoms with Crippen molar-refractivity contribution >= 4 is 17.4 Å². The fourth-order valence-electron chi connectivity index (χ4n) is 2.41. The van der Waals surface area contributed by atoms with Gasteiger partial charge in [0.15, 0.2) is 0 Å². The first-order chi connectivity index (χ1) is 9.06. The topological polar surface area (TPSA) is 64.2 Å². The van der Waals surface area contributed by atoms with Crippen LogP contribution in [0.5, 0.6) is 0 Å². The number of anilines is 2. The van der Waals surface area contributed by atoms with Crippen LogP contribution in [0.3, 0.4) is 0 Å². The van der Waals surface area contributed by atoms with E-state index in [2.05, 4.69) is 11.2 Å². The minimum Gasteiger partial charge on any atom is -0.384 e. The zero-order valence-electron chi connectivity index (χ0n) is 11.1. The molecule has 3 rings (SSSR count). The van der Waals surface area contributed by atoms with E-state index in [0.29, 0.717) is 12.2 Å². The number of aryl methyl sites for hydroxylation is 2. The van der Waals surface area contributed by atoms with Gasteiger partial charge in [0.2, 0.25) is 5.91 Å². The Hall–Kier alpha value is -2.30. The Kier molecular flexibility index (Phi) is 2.55. The minimum atomic E-state index is 0.158. The fourth-order valence-corrected chi connectivity index (χ4v) is 2.41. The lowest BCUT2D eigenvalue weighted by molar-refractivity contribution is -0.118. The highest BCUT2D eigenvalue weighted by molar-refractivity contribution is 5.96. The van der Waals surface area contributed by atoms with E-state index in [1.54, 1.807) is 9.58 Å². The maximum Gasteiger partial charge on any atom is 0.227 e. The van der Waals surface area contributed by atoms with E-state index in [0.717, 1.165) is 23.4 Å². The van der Waals surface area contributed by atoms with Gasteiger partial charge in [0, 0.05) is 37.8 Å². The van der Waals surface area contributed by atoms with Gasteiger partial charge in [0.1, 0.15) is 5.82 Å². The van der Waals surface area contributed by atoms with Crippen LogP contribution in [-0.4, -0.2) is 22.7 Å². The summed E-state index contributed by atoms with van der Waals surface area (Å²) in [6.07, 6.45) is 1.39. The molecule has 0 aliphatic carbocycles. The van der Waals surface area contributed by atoms with Crippen molar-refractivity contribution in [3.05, 3.63) is 29.8 Å². The number of fused-ring (bicyclic) bond motifs is 1. The molecule has 2 aromatic rings. The molecule has 5 heteroatoms. The number of benzene rings is 1. The Morgan fingerprint density at radius 3 is 2.68 bits per heavy atom. The predicted octanol–water partition coefficient (Wildman–Crippen LogP) is 1.58. The maximum absolute atomic E-state index is 11.7. The largest absolute Gasteiger partial charge is 0.384 e. The van der Waals surface area contributed by atoms with Crippen molar-refractivity contribution in [3.63, 3.8) is 0 Å². The second-order valence-electron chi connectivity index (χ2n) is 4.87. The van der Waals surface area contributed by atoms with E-state index in [-0.39, 0.29) is 5.91 Å². The number of carbonyl (C=O) groups is 1. The molecular weight excluding hydrogens is 240 g/mol. The molecule has 1 amide bonds. The highest BCUT2D eigenvalue weighted by Crippen LogP contribution is 2.31. The first-order valence-corrected chi connectivity index (χ1v) is 6.25. The predicted molar refractivity (Wildman–Crippen MR) is 74.8 cm³/mol. The molecule has 0 atom stereocenters. The second-order valence-corrected chi connectivity index (χ2v) is 4.87. The zero-order chi connectivity index (χ0) is 13.6. The number of amides is 1. The summed E-state index contributed by atoms with van der Waals surface area (Å²) in [4.78, 5) is 13.5. The van der Waals surface area contributed by atoms with E-state index in [1.165, 1.54) is 5.56 Å². The summed E-state index contributed by atoms with van der Waals surface area (Å²) < 4.78 is 1.64. The van der Waals surface area contributed by atoms with Gasteiger partial charge < -0.3 is 10.6 Å². The zero-order valence-corrected chi connectivity index (χ0v) is 11.1. The second kappa shape index (κ2) is 4.12. The van der Waals surface area contributed by atoms with Gasteiger partial charge in [-0.1, -0.05) is 12.1 Å². The van der Waals surface area contributed by atoms with Gasteiger partial charge in [-0.25, -0.2) is 0 Å². The van der Waals surface area contributed by atoms with Crippen molar-refractivity contribution < 1.29 is 4.79 Å². The molecule has 0 saturated heterocycles. The van der Waals surface area contributed by atoms with E-state index in [4.69, 9.17) is 5.73 Å². The van der Waals surface area contributed by atoms with Crippen LogP contribution in [-0.2, 0) is 18.3 Å². The van der Waals surface area contributed by atoms with E-state index in [1.807, 2.05) is 32.3 Å². The van der Waals surface area contributed by atoms with Crippen LogP contribution in [0.15, 0.2) is 24.3 Å². The summed E-state index contributed by atoms with van der Waals surface area (Å²) in [6, 6.07) is 7.95. The number of hydrogen-bond acceptors (Lipinski definition) is 3. The molecule has 0 bridgehead atoms. The maximum atomic E-state index is 11.7. The molecule has 2 heterocycles. The lowest BCUT2D eigenvalue weighted by Crippen LogP contribution is -2.31. The number of nitrogens with zero attached hydrogens (tertiary/aromatic N) is 3. The van der Waals surface area contributed by atoms with Crippen molar-refractivity contribution in [2.24, 2.45) is 7.05 Å². The molecule has 0 fully saturated rings. The molecule has 2 N–H and O–H groups in total. The average Bonchev–Trinajstić information content (AvgIpc) is 2.74. The summed E-state index contributed by atoms with van der Waals surface area (Å²) in [5.41, 5.74) is 9.78. The summed E-state index contributed by atoms with van der Waals surface area (Å²) in [5.74, 6) is 0.780. The lowest BCUT2D eigenvalue weighted by atomic mass is 9.98. The highest BCUT2D eigenvalue weighted by Gasteiger charge is 2.21. The van der Waals surface area contributed by atoms with Gasteiger partial charge in [0.05, 0.1) is 5.69 Å². The monoisotopic (exact) mass is 256 g/mol. The van der Waals surface area contributed by atoms with E-state index < -0.39 is 0 Å². The van der Waals surface area contributed by atoms with Gasteiger partial charge in [-0.2, -0.15) is 5.10 Å². The van der Waals surface area contributed by atoms with Crippen LogP contribution in [0, 0.1) is 0 Å². The van der Waals surface area contributed by atoms with Crippen molar-refractivity contribution in [1.29, 1.82) is 0 Å². The van der Waals surface area contributed by atoms with Gasteiger partial charge in [0.25, 0.3) is 0 Å². The Morgan fingerprint density at radius 1 is 1.21 bits per heavy atom. The third kappa shape index (κ3) is 1.87. The normalized spacial score (nSPS) is 14.6. The van der Waals surface area contributed by atoms with Crippen LogP contribution in [0.4, 0.5) is 11.5 Å². The van der Waals surface area contributed by atoms with Gasteiger partial charge >= 0.3 is 0 Å². The van der Waals surface area contributed by atoms with Gasteiger partial charge in [-0.05, 0) is 18.1 Å². The Labute approximate surface area is 111 Å². The van der Waals surface area contributed by atoms with Crippen molar-refractivity contribution in [2.75, 3.05) is 17.7 Å². The summed E-state index contributed by atoms with van der Waals surface area (Å²) >= 11 is 0. The summed E-state index contributed by atoms with van der Waals surface area (Å²) in [6.45, 7) is 0. The number of rotatable bonds is 1. The Bertz CT molecular complexity index is 640. The van der Waals surface area contributed by atoms with Crippen molar-refractivity contribution in [3.8, 4) is 11.3 Å². The quantitative estimate of drug-likeness (QED) is 0.842. The molecule has 98 valence electrons. The number of carbonyl (C=O) groups excluding carboxylic acids is 1. The molecule has 0 unspecified atom stereocenters. The highest BCUT2D eigenvalue weighted by atomic mass is 16.2. The lowest BCUT2D eigenvalue weighted by Gasteiger charge is -2.26. The minimum absolute atomic E-state index is 0.158. The van der Waals surface area contributed by atoms with E-state index >= 15 is 0 Å². The molecule has 1 aliphatic heterocycles. The average molecular weight is 256 g/mol. The third-order valence-corrected chi connectivity index (χ3v) is 3.64. The van der Waals surface area contributed by atoms with Crippen molar-refractivity contribution in [2.45, 2.75) is 12.8 Å². The molecule has 0 radical (unpaired) electrons. The molecule has 1 aromatic carbocycles. The van der Waals surface area contributed by atoms with Crippen LogP contribution in [0.2, 0.25) is 0 Å². The van der Waals surface area contributed by atoms with E-state index in [9.17, 15) is 4.79 Å². The smallest absolute Gasteiger partial charge is 0.227 e. The first-order valence-electron chi connectivity index (χ1n) is 6.25. The Balaban J connectivity index is 2.08. The standard InChI is InChI=1S/C14H16N4O/c1-17-12-7-10(11-8-13(15)18(2)16-11)4-3-9(12)5-6-14(17)19/h3-4,7-8H,5-6,15H2,1-2H3. The van der Waals surface area contributed by atoms with Gasteiger partial charge in [-0.15, -0.1) is 0 Å². The number of nitrogens with two attached hydrogens (primary N) is 1. The molecule has 19 heavy (non-hydrogen) atoms. The molecule has 1 aromatic heterocycles. The molecule has 0 saturated carbocycles. The number of nitrogen functional groups attached to an aromatic ring is 1. The fraction of sp³-hybridized carbons (Fsp3) is 0.286. The number of aromatic nitrogens is 2. The molecule has 1 aliphatic rings. The SMILES string of the molecule is CN1C(=O)CCc2ccc(-c3cc(N)n(C)n3)cc21. The van der Waals surface area contributed by atoms with Crippen LogP contribution in [0.1, 0.15) is 12.0 Å². The van der Waals surface area contributed by atoms with Crippen molar-refractivity contribution in [1.82, 2.24) is 9.78 Å². The molecular formula is C14H16N4O. The first kappa shape index (κ1) is 11.8. The summed E-state index contributed by atoms with van der Waals surface area (Å²) in [5, 5.41) is 4.36. The Morgan fingerprint density at radius 2 is 2.00 bits per heavy atom. The van der Waals surface area contributed by atoms with Crippen LogP contribution >= 0.6 is 0 Å². The molecule has 0 spiro atoms. The van der Waals surface area contributed by atoms with Crippen LogP contribution < -0.4 is 10.6 Å². The summed E-state index contributed by atoms with van der Waals surface area (Å²) in [7, 11) is 3.63. The molecule has 5 nitrogen and oxygen atoms in total.